The van der Waals surface area contributed by atoms with Crippen molar-refractivity contribution in [3.8, 4) is 0 Å². The molecule has 1 aliphatic heterocycles. The first-order chi connectivity index (χ1) is 8.65. The molecule has 0 saturated carbocycles. The van der Waals surface area contributed by atoms with Gasteiger partial charge in [0.05, 0.1) is 6.10 Å². The Hall–Kier alpha value is -1.06. The third-order valence-corrected chi connectivity index (χ3v) is 3.57. The van der Waals surface area contributed by atoms with E-state index in [0.29, 0.717) is 37.4 Å². The van der Waals surface area contributed by atoms with Crippen molar-refractivity contribution >= 4 is 17.5 Å². The average Bonchev–Trinajstić information content (AvgIpc) is 2.37. The quantitative estimate of drug-likeness (QED) is 0.913. The maximum absolute atomic E-state index is 12.0. The van der Waals surface area contributed by atoms with Crippen LogP contribution < -0.4 is 0 Å². The van der Waals surface area contributed by atoms with Crippen LogP contribution in [0.1, 0.15) is 24.8 Å². The number of rotatable bonds is 3. The summed E-state index contributed by atoms with van der Waals surface area (Å²) >= 11 is 5.90. The topological polar surface area (TPSA) is 40.5 Å². The summed E-state index contributed by atoms with van der Waals surface area (Å²) in [6.45, 7) is 1.35. The molecule has 1 aliphatic rings. The lowest BCUT2D eigenvalue weighted by Crippen LogP contribution is -2.40. The second-order valence-electron chi connectivity index (χ2n) is 4.74. The van der Waals surface area contributed by atoms with Gasteiger partial charge in [0.1, 0.15) is 0 Å². The SMILES string of the molecule is O=C(CCc1cccc(Cl)c1)N1CCC(O)CC1. The standard InChI is InChI=1S/C14H18ClNO2/c15-12-3-1-2-11(10-12)4-5-14(18)16-8-6-13(17)7-9-16/h1-3,10,13,17H,4-9H2. The Kier molecular flexibility index (Phi) is 4.61. The van der Waals surface area contributed by atoms with Gasteiger partial charge in [0.15, 0.2) is 0 Å². The van der Waals surface area contributed by atoms with E-state index in [0.717, 1.165) is 12.0 Å². The highest BCUT2D eigenvalue weighted by atomic mass is 35.5. The summed E-state index contributed by atoms with van der Waals surface area (Å²) in [7, 11) is 0. The van der Waals surface area contributed by atoms with Crippen LogP contribution in [0.5, 0.6) is 0 Å². The van der Waals surface area contributed by atoms with Crippen LogP contribution in [-0.4, -0.2) is 35.1 Å². The summed E-state index contributed by atoms with van der Waals surface area (Å²) in [6, 6.07) is 7.62. The predicted molar refractivity (Wildman–Crippen MR) is 71.6 cm³/mol. The summed E-state index contributed by atoms with van der Waals surface area (Å²) in [5.41, 5.74) is 1.09. The van der Waals surface area contributed by atoms with Gasteiger partial charge in [-0.3, -0.25) is 4.79 Å². The molecule has 18 heavy (non-hydrogen) atoms. The number of carbonyl (C=O) groups is 1. The van der Waals surface area contributed by atoms with Crippen LogP contribution in [0.3, 0.4) is 0 Å². The first-order valence-corrected chi connectivity index (χ1v) is 6.73. The van der Waals surface area contributed by atoms with Crippen molar-refractivity contribution in [2.24, 2.45) is 0 Å². The first-order valence-electron chi connectivity index (χ1n) is 6.35. The van der Waals surface area contributed by atoms with E-state index in [1.54, 1.807) is 0 Å². The number of hydrogen-bond acceptors (Lipinski definition) is 2. The molecule has 0 bridgehead atoms. The fraction of sp³-hybridized carbons (Fsp3) is 0.500. The molecule has 3 nitrogen and oxygen atoms in total. The van der Waals surface area contributed by atoms with Gasteiger partial charge in [0.25, 0.3) is 0 Å². The van der Waals surface area contributed by atoms with Crippen molar-refractivity contribution in [2.45, 2.75) is 31.8 Å². The van der Waals surface area contributed by atoms with Crippen LogP contribution in [0.25, 0.3) is 0 Å². The molecule has 0 spiro atoms. The zero-order valence-corrected chi connectivity index (χ0v) is 11.1. The molecule has 98 valence electrons. The van der Waals surface area contributed by atoms with E-state index in [1.807, 2.05) is 29.2 Å². The number of amides is 1. The summed E-state index contributed by atoms with van der Waals surface area (Å²) in [5.74, 6) is 0.168. The van der Waals surface area contributed by atoms with Crippen LogP contribution in [0.4, 0.5) is 0 Å². The number of aryl methyl sites for hydroxylation is 1. The van der Waals surface area contributed by atoms with E-state index in [-0.39, 0.29) is 12.0 Å². The predicted octanol–water partition coefficient (Wildman–Crippen LogP) is 2.26. The lowest BCUT2D eigenvalue weighted by molar-refractivity contribution is -0.133. The van der Waals surface area contributed by atoms with E-state index in [1.165, 1.54) is 0 Å². The number of piperidine rings is 1. The molecular formula is C14H18ClNO2. The third-order valence-electron chi connectivity index (χ3n) is 3.33. The molecule has 1 aromatic rings. The van der Waals surface area contributed by atoms with E-state index in [9.17, 15) is 9.90 Å². The third kappa shape index (κ3) is 3.72. The molecule has 0 aliphatic carbocycles. The van der Waals surface area contributed by atoms with Crippen molar-refractivity contribution in [3.05, 3.63) is 34.9 Å². The molecule has 1 N–H and O–H groups in total. The van der Waals surface area contributed by atoms with Gasteiger partial charge in [0, 0.05) is 24.5 Å². The Morgan fingerprint density at radius 1 is 1.39 bits per heavy atom. The molecule has 4 heteroatoms. The largest absolute Gasteiger partial charge is 0.393 e. The molecule has 0 radical (unpaired) electrons. The molecule has 1 saturated heterocycles. The monoisotopic (exact) mass is 267 g/mol. The minimum atomic E-state index is -0.234. The molecule has 0 aromatic heterocycles. The van der Waals surface area contributed by atoms with Crippen LogP contribution in [-0.2, 0) is 11.2 Å². The molecule has 1 fully saturated rings. The van der Waals surface area contributed by atoms with E-state index in [4.69, 9.17) is 11.6 Å². The molecule has 0 unspecified atom stereocenters. The van der Waals surface area contributed by atoms with Gasteiger partial charge in [-0.2, -0.15) is 0 Å². The van der Waals surface area contributed by atoms with Crippen LogP contribution >= 0.6 is 11.6 Å². The summed E-state index contributed by atoms with van der Waals surface area (Å²) in [5, 5.41) is 10.1. The fourth-order valence-corrected chi connectivity index (χ4v) is 2.43. The minimum Gasteiger partial charge on any atom is -0.393 e. The highest BCUT2D eigenvalue weighted by molar-refractivity contribution is 6.30. The van der Waals surface area contributed by atoms with E-state index < -0.39 is 0 Å². The van der Waals surface area contributed by atoms with Gasteiger partial charge in [-0.1, -0.05) is 23.7 Å². The molecule has 1 heterocycles. The maximum atomic E-state index is 12.0. The van der Waals surface area contributed by atoms with Crippen molar-refractivity contribution in [1.82, 2.24) is 4.90 Å². The number of hydrogen-bond donors (Lipinski definition) is 1. The Morgan fingerprint density at radius 3 is 2.78 bits per heavy atom. The Bertz CT molecular complexity index is 414. The molecule has 2 rings (SSSR count). The van der Waals surface area contributed by atoms with Gasteiger partial charge in [-0.05, 0) is 37.0 Å². The maximum Gasteiger partial charge on any atom is 0.222 e. The minimum absolute atomic E-state index is 0.168. The second-order valence-corrected chi connectivity index (χ2v) is 5.18. The normalized spacial score (nSPS) is 16.9. The smallest absolute Gasteiger partial charge is 0.222 e. The Balaban J connectivity index is 1.81. The number of aliphatic hydroxyl groups excluding tert-OH is 1. The van der Waals surface area contributed by atoms with Gasteiger partial charge >= 0.3 is 0 Å². The molecule has 0 atom stereocenters. The fourth-order valence-electron chi connectivity index (χ4n) is 2.22. The number of benzene rings is 1. The van der Waals surface area contributed by atoms with Gasteiger partial charge in [-0.25, -0.2) is 0 Å². The van der Waals surface area contributed by atoms with Gasteiger partial charge in [-0.15, -0.1) is 0 Å². The van der Waals surface area contributed by atoms with Crippen LogP contribution in [0.2, 0.25) is 5.02 Å². The Morgan fingerprint density at radius 2 is 2.11 bits per heavy atom. The summed E-state index contributed by atoms with van der Waals surface area (Å²) in [4.78, 5) is 13.8. The summed E-state index contributed by atoms with van der Waals surface area (Å²) < 4.78 is 0. The van der Waals surface area contributed by atoms with Crippen LogP contribution in [0.15, 0.2) is 24.3 Å². The van der Waals surface area contributed by atoms with E-state index in [2.05, 4.69) is 0 Å². The zero-order chi connectivity index (χ0) is 13.0. The van der Waals surface area contributed by atoms with Crippen molar-refractivity contribution in [3.63, 3.8) is 0 Å². The zero-order valence-electron chi connectivity index (χ0n) is 10.3. The summed E-state index contributed by atoms with van der Waals surface area (Å²) in [6.07, 6.45) is 2.39. The first kappa shape index (κ1) is 13.4. The lowest BCUT2D eigenvalue weighted by atomic mass is 10.1. The lowest BCUT2D eigenvalue weighted by Gasteiger charge is -2.29. The molecular weight excluding hydrogens is 250 g/mol. The number of nitrogens with zero attached hydrogens (tertiary/aromatic N) is 1. The van der Waals surface area contributed by atoms with Crippen molar-refractivity contribution < 1.29 is 9.90 Å². The Labute approximate surface area is 112 Å². The number of aliphatic hydroxyl groups is 1. The van der Waals surface area contributed by atoms with Gasteiger partial charge < -0.3 is 10.0 Å². The highest BCUT2D eigenvalue weighted by Crippen LogP contribution is 2.15. The molecule has 1 amide bonds. The molecule has 1 aromatic carbocycles. The van der Waals surface area contributed by atoms with Crippen molar-refractivity contribution in [2.75, 3.05) is 13.1 Å². The van der Waals surface area contributed by atoms with Gasteiger partial charge in [0.2, 0.25) is 5.91 Å². The number of halogens is 1. The van der Waals surface area contributed by atoms with Crippen LogP contribution in [0, 0.1) is 0 Å². The average molecular weight is 268 g/mol. The highest BCUT2D eigenvalue weighted by Gasteiger charge is 2.20. The van der Waals surface area contributed by atoms with Crippen molar-refractivity contribution in [1.29, 1.82) is 0 Å². The van der Waals surface area contributed by atoms with E-state index >= 15 is 0 Å². The second kappa shape index (κ2) is 6.21. The number of carbonyl (C=O) groups excluding carboxylic acids is 1. The number of likely N-dealkylation sites (tertiary alicyclic amines) is 1.